The molecule has 0 aliphatic carbocycles. The van der Waals surface area contributed by atoms with Crippen molar-refractivity contribution in [3.05, 3.63) is 29.8 Å². The van der Waals surface area contributed by atoms with E-state index in [9.17, 15) is 13.2 Å². The van der Waals surface area contributed by atoms with Gasteiger partial charge in [0.05, 0.1) is 4.90 Å². The Hall–Kier alpha value is -1.48. The Bertz CT molecular complexity index is 684. The number of amides is 1. The van der Waals surface area contributed by atoms with Gasteiger partial charge in [-0.2, -0.15) is 4.31 Å². The van der Waals surface area contributed by atoms with Gasteiger partial charge in [-0.15, -0.1) is 0 Å². The topological polar surface area (TPSA) is 81.8 Å². The van der Waals surface area contributed by atoms with Crippen LogP contribution in [-0.4, -0.2) is 75.9 Å². The molecule has 2 aliphatic rings. The number of hydrogen-bond acceptors (Lipinski definition) is 5. The highest BCUT2D eigenvalue weighted by atomic mass is 32.2. The predicted molar refractivity (Wildman–Crippen MR) is 91.4 cm³/mol. The number of carbonyl (C=O) groups excluding carboxylic acids is 1. The average Bonchev–Trinajstić information content (AvgIpc) is 3.13. The second kappa shape index (κ2) is 7.18. The predicted octanol–water partition coefficient (Wildman–Crippen LogP) is -0.286. The molecule has 0 spiro atoms. The van der Waals surface area contributed by atoms with Gasteiger partial charge in [-0.1, -0.05) is 0 Å². The molecule has 24 heavy (non-hydrogen) atoms. The van der Waals surface area contributed by atoms with Crippen LogP contribution in [-0.2, 0) is 10.0 Å². The zero-order valence-electron chi connectivity index (χ0n) is 13.9. The molecule has 2 fully saturated rings. The van der Waals surface area contributed by atoms with Gasteiger partial charge in [0, 0.05) is 57.9 Å². The van der Waals surface area contributed by atoms with Crippen molar-refractivity contribution >= 4 is 15.9 Å². The molecule has 2 saturated heterocycles. The molecule has 0 aromatic heterocycles. The molecule has 132 valence electrons. The van der Waals surface area contributed by atoms with E-state index in [0.29, 0.717) is 24.7 Å². The minimum absolute atomic E-state index is 0.223. The van der Waals surface area contributed by atoms with E-state index in [1.54, 1.807) is 23.5 Å². The monoisotopic (exact) mass is 352 g/mol. The molecule has 1 unspecified atom stereocenters. The van der Waals surface area contributed by atoms with Gasteiger partial charge in [0.2, 0.25) is 10.0 Å². The van der Waals surface area contributed by atoms with Crippen molar-refractivity contribution in [2.45, 2.75) is 17.4 Å². The maximum absolute atomic E-state index is 12.8. The van der Waals surface area contributed by atoms with Crippen LogP contribution in [0, 0.1) is 0 Å². The van der Waals surface area contributed by atoms with Crippen molar-refractivity contribution in [1.29, 1.82) is 0 Å². The highest BCUT2D eigenvalue weighted by Gasteiger charge is 2.35. The molecule has 2 heterocycles. The van der Waals surface area contributed by atoms with Crippen LogP contribution < -0.4 is 10.6 Å². The number of piperazine rings is 1. The van der Waals surface area contributed by atoms with Gasteiger partial charge in [-0.25, -0.2) is 8.42 Å². The average molecular weight is 352 g/mol. The molecule has 7 nitrogen and oxygen atoms in total. The van der Waals surface area contributed by atoms with E-state index in [-0.39, 0.29) is 10.8 Å². The summed E-state index contributed by atoms with van der Waals surface area (Å²) in [5, 5.41) is 5.85. The number of hydrogen-bond donors (Lipinski definition) is 2. The lowest BCUT2D eigenvalue weighted by Crippen LogP contribution is -2.49. The summed E-state index contributed by atoms with van der Waals surface area (Å²) in [5.74, 6) is -0.223. The van der Waals surface area contributed by atoms with Gasteiger partial charge >= 0.3 is 0 Å². The molecule has 1 aromatic carbocycles. The first-order valence-corrected chi connectivity index (χ1v) is 9.73. The fourth-order valence-electron chi connectivity index (χ4n) is 3.35. The smallest absolute Gasteiger partial charge is 0.251 e. The van der Waals surface area contributed by atoms with E-state index in [4.69, 9.17) is 0 Å². The summed E-state index contributed by atoms with van der Waals surface area (Å²) in [6, 6.07) is 6.42. The van der Waals surface area contributed by atoms with Crippen LogP contribution in [0.2, 0.25) is 0 Å². The second-order valence-corrected chi connectivity index (χ2v) is 8.13. The third-order valence-electron chi connectivity index (χ3n) is 4.78. The molecule has 8 heteroatoms. The zero-order valence-corrected chi connectivity index (χ0v) is 14.7. The Kier molecular flexibility index (Phi) is 5.19. The van der Waals surface area contributed by atoms with Crippen LogP contribution in [0.25, 0.3) is 0 Å². The van der Waals surface area contributed by atoms with Crippen LogP contribution >= 0.6 is 0 Å². The number of nitrogens with one attached hydrogen (secondary N) is 2. The van der Waals surface area contributed by atoms with E-state index >= 15 is 0 Å². The summed E-state index contributed by atoms with van der Waals surface area (Å²) in [6.07, 6.45) is 0.871. The SMILES string of the molecule is CNC(=O)c1ccc(S(=O)(=O)N2CCC(N3CCNCC3)C2)cc1. The van der Waals surface area contributed by atoms with Crippen molar-refractivity contribution in [2.24, 2.45) is 0 Å². The quantitative estimate of drug-likeness (QED) is 0.779. The molecule has 1 amide bonds. The van der Waals surface area contributed by atoms with Gasteiger partial charge < -0.3 is 10.6 Å². The van der Waals surface area contributed by atoms with Crippen LogP contribution in [0.5, 0.6) is 0 Å². The van der Waals surface area contributed by atoms with E-state index in [1.165, 1.54) is 12.1 Å². The Morgan fingerprint density at radius 3 is 2.46 bits per heavy atom. The molecule has 1 atom stereocenters. The molecule has 2 aliphatic heterocycles. The summed E-state index contributed by atoms with van der Waals surface area (Å²) in [6.45, 7) is 4.96. The van der Waals surface area contributed by atoms with Crippen molar-refractivity contribution in [2.75, 3.05) is 46.3 Å². The standard InChI is InChI=1S/C16H24N4O3S/c1-17-16(21)13-2-4-15(5-3-13)24(22,23)20-9-6-14(12-20)19-10-7-18-8-11-19/h2-5,14,18H,6-12H2,1H3,(H,17,21). The van der Waals surface area contributed by atoms with Crippen LogP contribution in [0.1, 0.15) is 16.8 Å². The number of nitrogens with zero attached hydrogens (tertiary/aromatic N) is 2. The molecular formula is C16H24N4O3S. The third-order valence-corrected chi connectivity index (χ3v) is 6.65. The third kappa shape index (κ3) is 3.46. The lowest BCUT2D eigenvalue weighted by atomic mass is 10.2. The Labute approximate surface area is 143 Å². The number of carbonyl (C=O) groups is 1. The van der Waals surface area contributed by atoms with Crippen molar-refractivity contribution < 1.29 is 13.2 Å². The number of benzene rings is 1. The lowest BCUT2D eigenvalue weighted by Gasteiger charge is -2.32. The molecule has 2 N–H and O–H groups in total. The minimum Gasteiger partial charge on any atom is -0.355 e. The van der Waals surface area contributed by atoms with E-state index in [0.717, 1.165) is 32.6 Å². The van der Waals surface area contributed by atoms with Crippen LogP contribution in [0.3, 0.4) is 0 Å². The first-order valence-electron chi connectivity index (χ1n) is 8.29. The fraction of sp³-hybridized carbons (Fsp3) is 0.562. The number of rotatable bonds is 4. The Morgan fingerprint density at radius 2 is 1.83 bits per heavy atom. The highest BCUT2D eigenvalue weighted by molar-refractivity contribution is 7.89. The summed E-state index contributed by atoms with van der Waals surface area (Å²) >= 11 is 0. The summed E-state index contributed by atoms with van der Waals surface area (Å²) in [5.41, 5.74) is 0.455. The van der Waals surface area contributed by atoms with Crippen molar-refractivity contribution in [3.63, 3.8) is 0 Å². The van der Waals surface area contributed by atoms with Gasteiger partial charge in [0.15, 0.2) is 0 Å². The van der Waals surface area contributed by atoms with Gasteiger partial charge in [-0.05, 0) is 30.7 Å². The summed E-state index contributed by atoms with van der Waals surface area (Å²) < 4.78 is 27.2. The van der Waals surface area contributed by atoms with E-state index < -0.39 is 10.0 Å². The van der Waals surface area contributed by atoms with E-state index in [2.05, 4.69) is 15.5 Å². The second-order valence-electron chi connectivity index (χ2n) is 6.20. The zero-order chi connectivity index (χ0) is 17.2. The molecule has 0 saturated carbocycles. The van der Waals surface area contributed by atoms with Gasteiger partial charge in [0.25, 0.3) is 5.91 Å². The minimum atomic E-state index is -3.50. The maximum Gasteiger partial charge on any atom is 0.251 e. The highest BCUT2D eigenvalue weighted by Crippen LogP contribution is 2.24. The first kappa shape index (κ1) is 17.3. The van der Waals surface area contributed by atoms with E-state index in [1.807, 2.05) is 0 Å². The normalized spacial score (nSPS) is 23.3. The van der Waals surface area contributed by atoms with Gasteiger partial charge in [-0.3, -0.25) is 9.69 Å². The van der Waals surface area contributed by atoms with Crippen molar-refractivity contribution in [3.8, 4) is 0 Å². The molecule has 0 bridgehead atoms. The molecule has 1 aromatic rings. The largest absolute Gasteiger partial charge is 0.355 e. The van der Waals surface area contributed by atoms with Gasteiger partial charge in [0.1, 0.15) is 0 Å². The molecule has 3 rings (SSSR count). The molecule has 0 radical (unpaired) electrons. The first-order chi connectivity index (χ1) is 11.5. The van der Waals surface area contributed by atoms with Crippen LogP contribution in [0.15, 0.2) is 29.2 Å². The maximum atomic E-state index is 12.8. The molecular weight excluding hydrogens is 328 g/mol. The van der Waals surface area contributed by atoms with Crippen LogP contribution in [0.4, 0.5) is 0 Å². The van der Waals surface area contributed by atoms with Crippen molar-refractivity contribution in [1.82, 2.24) is 19.8 Å². The fourth-order valence-corrected chi connectivity index (χ4v) is 4.84. The Morgan fingerprint density at radius 1 is 1.17 bits per heavy atom. The summed E-state index contributed by atoms with van der Waals surface area (Å²) in [4.78, 5) is 14.2. The summed E-state index contributed by atoms with van der Waals surface area (Å²) in [7, 11) is -1.95. The lowest BCUT2D eigenvalue weighted by molar-refractivity contribution is 0.0963. The number of sulfonamides is 1. The Balaban J connectivity index is 1.70.